The van der Waals surface area contributed by atoms with Gasteiger partial charge in [-0.05, 0) is 18.3 Å². The lowest BCUT2D eigenvalue weighted by atomic mass is 9.80. The molecule has 0 spiro atoms. The molecule has 1 aromatic rings. The van der Waals surface area contributed by atoms with E-state index < -0.39 is 0 Å². The predicted molar refractivity (Wildman–Crippen MR) is 67.4 cm³/mol. The molecule has 1 aliphatic carbocycles. The van der Waals surface area contributed by atoms with Crippen LogP contribution in [0.3, 0.4) is 0 Å². The van der Waals surface area contributed by atoms with Crippen LogP contribution in [0.2, 0.25) is 0 Å². The first kappa shape index (κ1) is 12.6. The van der Waals surface area contributed by atoms with E-state index in [0.717, 1.165) is 24.1 Å². The molecule has 3 atom stereocenters. The highest BCUT2D eigenvalue weighted by molar-refractivity contribution is 5.04. The number of imidazole rings is 1. The number of hydrogen-bond acceptors (Lipinski definition) is 3. The second-order valence-electron chi connectivity index (χ2n) is 5.28. The van der Waals surface area contributed by atoms with E-state index in [1.807, 2.05) is 6.33 Å². The number of hydrogen-bond donors (Lipinski definition) is 2. The van der Waals surface area contributed by atoms with Gasteiger partial charge in [-0.1, -0.05) is 26.2 Å². The van der Waals surface area contributed by atoms with Crippen LogP contribution in [-0.4, -0.2) is 21.3 Å². The first-order chi connectivity index (χ1) is 8.22. The SMILES string of the molecule is CC1CCCCC1Cn1cncc1C(N)CO. The number of aromatic nitrogens is 2. The lowest BCUT2D eigenvalue weighted by molar-refractivity contribution is 0.221. The molecule has 0 bridgehead atoms. The van der Waals surface area contributed by atoms with Crippen LogP contribution in [0.4, 0.5) is 0 Å². The van der Waals surface area contributed by atoms with Crippen molar-refractivity contribution in [3.05, 3.63) is 18.2 Å². The fourth-order valence-electron chi connectivity index (χ4n) is 2.80. The van der Waals surface area contributed by atoms with Crippen LogP contribution in [0.25, 0.3) is 0 Å². The number of aliphatic hydroxyl groups is 1. The lowest BCUT2D eigenvalue weighted by Gasteiger charge is -2.29. The summed E-state index contributed by atoms with van der Waals surface area (Å²) in [4.78, 5) is 4.15. The smallest absolute Gasteiger partial charge is 0.0948 e. The van der Waals surface area contributed by atoms with Crippen LogP contribution < -0.4 is 5.73 Å². The monoisotopic (exact) mass is 237 g/mol. The molecule has 17 heavy (non-hydrogen) atoms. The summed E-state index contributed by atoms with van der Waals surface area (Å²) in [6.45, 7) is 3.31. The minimum absolute atomic E-state index is 0.0219. The van der Waals surface area contributed by atoms with E-state index in [4.69, 9.17) is 10.8 Å². The maximum Gasteiger partial charge on any atom is 0.0948 e. The summed E-state index contributed by atoms with van der Waals surface area (Å²) in [6, 6.07) is -0.309. The molecule has 1 saturated carbocycles. The third-order valence-electron chi connectivity index (χ3n) is 4.04. The van der Waals surface area contributed by atoms with Crippen molar-refractivity contribution in [2.75, 3.05) is 6.61 Å². The number of aliphatic hydroxyl groups excluding tert-OH is 1. The Hall–Kier alpha value is -0.870. The minimum Gasteiger partial charge on any atom is -0.394 e. The van der Waals surface area contributed by atoms with Crippen molar-refractivity contribution < 1.29 is 5.11 Å². The molecule has 0 amide bonds. The van der Waals surface area contributed by atoms with Crippen molar-refractivity contribution in [2.24, 2.45) is 17.6 Å². The molecular formula is C13H23N3O. The minimum atomic E-state index is -0.309. The topological polar surface area (TPSA) is 64.1 Å². The Bertz CT molecular complexity index is 350. The van der Waals surface area contributed by atoms with Crippen LogP contribution in [0.5, 0.6) is 0 Å². The fraction of sp³-hybridized carbons (Fsp3) is 0.769. The van der Waals surface area contributed by atoms with Crippen molar-refractivity contribution in [1.29, 1.82) is 0 Å². The van der Waals surface area contributed by atoms with Crippen molar-refractivity contribution in [3.63, 3.8) is 0 Å². The first-order valence-electron chi connectivity index (χ1n) is 6.59. The van der Waals surface area contributed by atoms with Crippen molar-refractivity contribution in [3.8, 4) is 0 Å². The third-order valence-corrected chi connectivity index (χ3v) is 4.04. The molecule has 0 radical (unpaired) electrons. The number of nitrogens with zero attached hydrogens (tertiary/aromatic N) is 2. The van der Waals surface area contributed by atoms with Crippen LogP contribution in [0.15, 0.2) is 12.5 Å². The van der Waals surface area contributed by atoms with Gasteiger partial charge in [-0.3, -0.25) is 0 Å². The first-order valence-corrected chi connectivity index (χ1v) is 6.59. The Labute approximate surface area is 103 Å². The zero-order chi connectivity index (χ0) is 12.3. The van der Waals surface area contributed by atoms with Gasteiger partial charge in [-0.15, -0.1) is 0 Å². The average Bonchev–Trinajstić information content (AvgIpc) is 2.79. The molecule has 3 N–H and O–H groups in total. The number of rotatable bonds is 4. The molecule has 1 aromatic heterocycles. The molecule has 3 unspecified atom stereocenters. The second kappa shape index (κ2) is 5.65. The Kier molecular flexibility index (Phi) is 4.18. The van der Waals surface area contributed by atoms with Gasteiger partial charge in [-0.2, -0.15) is 0 Å². The Morgan fingerprint density at radius 2 is 2.29 bits per heavy atom. The average molecular weight is 237 g/mol. The maximum absolute atomic E-state index is 9.12. The van der Waals surface area contributed by atoms with E-state index in [1.165, 1.54) is 25.7 Å². The van der Waals surface area contributed by atoms with E-state index in [9.17, 15) is 0 Å². The molecular weight excluding hydrogens is 214 g/mol. The summed E-state index contributed by atoms with van der Waals surface area (Å²) >= 11 is 0. The van der Waals surface area contributed by atoms with E-state index >= 15 is 0 Å². The maximum atomic E-state index is 9.12. The summed E-state index contributed by atoms with van der Waals surface area (Å²) in [5, 5.41) is 9.12. The molecule has 1 aliphatic rings. The highest BCUT2D eigenvalue weighted by Gasteiger charge is 2.22. The second-order valence-corrected chi connectivity index (χ2v) is 5.28. The summed E-state index contributed by atoms with van der Waals surface area (Å²) in [6.07, 6.45) is 8.95. The normalized spacial score (nSPS) is 27.0. The van der Waals surface area contributed by atoms with Gasteiger partial charge < -0.3 is 15.4 Å². The fourth-order valence-corrected chi connectivity index (χ4v) is 2.80. The van der Waals surface area contributed by atoms with Gasteiger partial charge >= 0.3 is 0 Å². The van der Waals surface area contributed by atoms with Gasteiger partial charge in [0.25, 0.3) is 0 Å². The molecule has 0 aliphatic heterocycles. The van der Waals surface area contributed by atoms with Crippen molar-refractivity contribution in [2.45, 2.75) is 45.2 Å². The van der Waals surface area contributed by atoms with Gasteiger partial charge in [-0.25, -0.2) is 4.98 Å². The Morgan fingerprint density at radius 3 is 3.00 bits per heavy atom. The summed E-state index contributed by atoms with van der Waals surface area (Å²) < 4.78 is 2.12. The molecule has 1 fully saturated rings. The van der Waals surface area contributed by atoms with Gasteiger partial charge in [0.1, 0.15) is 0 Å². The highest BCUT2D eigenvalue weighted by atomic mass is 16.3. The van der Waals surface area contributed by atoms with Crippen molar-refractivity contribution in [1.82, 2.24) is 9.55 Å². The summed E-state index contributed by atoms with van der Waals surface area (Å²) in [7, 11) is 0. The Balaban J connectivity index is 2.05. The molecule has 0 saturated heterocycles. The van der Waals surface area contributed by atoms with E-state index in [-0.39, 0.29) is 12.6 Å². The van der Waals surface area contributed by atoms with Gasteiger partial charge in [0.05, 0.1) is 24.7 Å². The zero-order valence-electron chi connectivity index (χ0n) is 10.5. The molecule has 1 heterocycles. The highest BCUT2D eigenvalue weighted by Crippen LogP contribution is 2.31. The summed E-state index contributed by atoms with van der Waals surface area (Å²) in [5.41, 5.74) is 6.82. The molecule has 4 heteroatoms. The largest absolute Gasteiger partial charge is 0.394 e. The molecule has 2 rings (SSSR count). The molecule has 0 aromatic carbocycles. The Morgan fingerprint density at radius 1 is 1.53 bits per heavy atom. The molecule has 96 valence electrons. The van der Waals surface area contributed by atoms with E-state index in [2.05, 4.69) is 16.5 Å². The molecule has 4 nitrogen and oxygen atoms in total. The van der Waals surface area contributed by atoms with Gasteiger partial charge in [0.2, 0.25) is 0 Å². The predicted octanol–water partition coefficient (Wildman–Crippen LogP) is 1.70. The van der Waals surface area contributed by atoms with Gasteiger partial charge in [0, 0.05) is 12.7 Å². The standard InChI is InChI=1S/C13H23N3O/c1-10-4-2-3-5-11(10)7-16-9-15-6-13(16)12(14)8-17/h6,9-12,17H,2-5,7-8,14H2,1H3. The number of nitrogens with two attached hydrogens (primary N) is 1. The van der Waals surface area contributed by atoms with Crippen LogP contribution >= 0.6 is 0 Å². The van der Waals surface area contributed by atoms with Crippen LogP contribution in [-0.2, 0) is 6.54 Å². The third kappa shape index (κ3) is 2.87. The quantitative estimate of drug-likeness (QED) is 0.837. The zero-order valence-corrected chi connectivity index (χ0v) is 10.5. The van der Waals surface area contributed by atoms with Gasteiger partial charge in [0.15, 0.2) is 0 Å². The van der Waals surface area contributed by atoms with Crippen LogP contribution in [0, 0.1) is 11.8 Å². The van der Waals surface area contributed by atoms with E-state index in [0.29, 0.717) is 0 Å². The van der Waals surface area contributed by atoms with Crippen molar-refractivity contribution >= 4 is 0 Å². The lowest BCUT2D eigenvalue weighted by Crippen LogP contribution is -2.25. The van der Waals surface area contributed by atoms with E-state index in [1.54, 1.807) is 6.20 Å². The summed E-state index contributed by atoms with van der Waals surface area (Å²) in [5.74, 6) is 1.51. The van der Waals surface area contributed by atoms with Crippen LogP contribution in [0.1, 0.15) is 44.3 Å².